The number of nitrogens with zero attached hydrogens (tertiary/aromatic N) is 2. The van der Waals surface area contributed by atoms with Gasteiger partial charge in [0.1, 0.15) is 11.9 Å². The van der Waals surface area contributed by atoms with Gasteiger partial charge in [0.25, 0.3) is 0 Å². The Kier molecular flexibility index (Phi) is 4.16. The fourth-order valence-corrected chi connectivity index (χ4v) is 4.26. The molecular weight excluding hydrogens is 314 g/mol. The third-order valence-electron chi connectivity index (χ3n) is 5.77. The molecule has 2 aliphatic heterocycles. The Bertz CT molecular complexity index is 728. The first-order valence-electron chi connectivity index (χ1n) is 9.58. The Labute approximate surface area is 148 Å². The van der Waals surface area contributed by atoms with Gasteiger partial charge in [-0.3, -0.25) is 0 Å². The van der Waals surface area contributed by atoms with Crippen LogP contribution in [0.2, 0.25) is 0 Å². The molecule has 0 bridgehead atoms. The highest BCUT2D eigenvalue weighted by molar-refractivity contribution is 5.82. The lowest BCUT2D eigenvalue weighted by Gasteiger charge is -2.21. The summed E-state index contributed by atoms with van der Waals surface area (Å²) in [6, 6.07) is 8.45. The van der Waals surface area contributed by atoms with Crippen molar-refractivity contribution in [1.82, 2.24) is 15.2 Å². The predicted octanol–water partition coefficient (Wildman–Crippen LogP) is 2.56. The molecule has 2 saturated heterocycles. The van der Waals surface area contributed by atoms with Crippen LogP contribution in [-0.2, 0) is 4.74 Å². The van der Waals surface area contributed by atoms with Crippen LogP contribution in [0.15, 0.2) is 24.3 Å². The first-order chi connectivity index (χ1) is 12.3. The summed E-state index contributed by atoms with van der Waals surface area (Å²) in [5.74, 6) is 3.00. The number of H-pyrrole nitrogens is 1. The molecule has 2 aromatic rings. The zero-order valence-corrected chi connectivity index (χ0v) is 14.6. The van der Waals surface area contributed by atoms with Gasteiger partial charge in [0.05, 0.1) is 13.2 Å². The van der Waals surface area contributed by atoms with E-state index in [0.29, 0.717) is 6.61 Å². The number of hydrogen-bond donors (Lipinski definition) is 1. The lowest BCUT2D eigenvalue weighted by atomic mass is 10.2. The van der Waals surface area contributed by atoms with Gasteiger partial charge in [0.15, 0.2) is 0 Å². The van der Waals surface area contributed by atoms with Crippen molar-refractivity contribution < 1.29 is 9.47 Å². The van der Waals surface area contributed by atoms with Crippen LogP contribution in [0.1, 0.15) is 24.6 Å². The molecule has 3 unspecified atom stereocenters. The maximum atomic E-state index is 5.98. The summed E-state index contributed by atoms with van der Waals surface area (Å²) in [5.41, 5.74) is 2.25. The van der Waals surface area contributed by atoms with Crippen molar-refractivity contribution in [2.24, 2.45) is 11.8 Å². The Balaban J connectivity index is 1.16. The molecular formula is C20H26N3O2. The number of fused-ring (bicyclic) bond motifs is 2. The molecule has 1 saturated carbocycles. The fourth-order valence-electron chi connectivity index (χ4n) is 4.26. The van der Waals surface area contributed by atoms with E-state index in [9.17, 15) is 0 Å². The van der Waals surface area contributed by atoms with Crippen molar-refractivity contribution in [3.05, 3.63) is 30.0 Å². The first-order valence-corrected chi connectivity index (χ1v) is 9.58. The van der Waals surface area contributed by atoms with Crippen LogP contribution in [-0.4, -0.2) is 55.8 Å². The maximum Gasteiger partial charge on any atom is 0.120 e. The molecule has 1 radical (unpaired) electrons. The average Bonchev–Trinajstić information content (AvgIpc) is 3.07. The zero-order chi connectivity index (χ0) is 16.6. The van der Waals surface area contributed by atoms with Crippen molar-refractivity contribution in [3.8, 4) is 5.75 Å². The Morgan fingerprint density at radius 2 is 2.16 bits per heavy atom. The van der Waals surface area contributed by atoms with Crippen molar-refractivity contribution >= 4 is 10.9 Å². The molecule has 5 nitrogen and oxygen atoms in total. The Hall–Kier alpha value is -1.56. The molecule has 3 fully saturated rings. The summed E-state index contributed by atoms with van der Waals surface area (Å²) in [6.45, 7) is 6.87. The lowest BCUT2D eigenvalue weighted by molar-refractivity contribution is 0.0239. The van der Waals surface area contributed by atoms with Crippen LogP contribution < -0.4 is 10.1 Å². The van der Waals surface area contributed by atoms with E-state index in [1.165, 1.54) is 31.4 Å². The summed E-state index contributed by atoms with van der Waals surface area (Å²) in [6.07, 6.45) is 2.65. The van der Waals surface area contributed by atoms with Gasteiger partial charge < -0.3 is 19.4 Å². The average molecular weight is 340 g/mol. The van der Waals surface area contributed by atoms with Gasteiger partial charge in [-0.15, -0.1) is 0 Å². The second-order valence-electron chi connectivity index (χ2n) is 7.68. The number of nitrogens with one attached hydrogen (secondary N) is 1. The van der Waals surface area contributed by atoms with Crippen LogP contribution in [0.4, 0.5) is 0 Å². The molecule has 1 aliphatic carbocycles. The summed E-state index contributed by atoms with van der Waals surface area (Å²) in [5, 5.41) is 5.62. The van der Waals surface area contributed by atoms with E-state index in [4.69, 9.17) is 9.47 Å². The number of ether oxygens (including phenoxy) is 2. The van der Waals surface area contributed by atoms with Gasteiger partial charge in [-0.05, 0) is 48.9 Å². The number of rotatable bonds is 6. The second-order valence-corrected chi connectivity index (χ2v) is 7.68. The van der Waals surface area contributed by atoms with Gasteiger partial charge >= 0.3 is 0 Å². The molecule has 3 heterocycles. The molecule has 1 N–H and O–H groups in total. The van der Waals surface area contributed by atoms with E-state index in [-0.39, 0.29) is 6.10 Å². The summed E-state index contributed by atoms with van der Waals surface area (Å²) >= 11 is 0. The number of likely N-dealkylation sites (tertiary alicyclic amines) is 1. The van der Waals surface area contributed by atoms with Crippen molar-refractivity contribution in [3.63, 3.8) is 0 Å². The van der Waals surface area contributed by atoms with Crippen LogP contribution in [0, 0.1) is 11.8 Å². The largest absolute Gasteiger partial charge is 0.494 e. The highest BCUT2D eigenvalue weighted by atomic mass is 16.5. The topological polar surface area (TPSA) is 51.6 Å². The number of aromatic amines is 1. The molecule has 0 spiro atoms. The minimum absolute atomic E-state index is 0.0668. The number of benzene rings is 1. The Morgan fingerprint density at radius 3 is 3.00 bits per heavy atom. The van der Waals surface area contributed by atoms with Gasteiger partial charge in [0, 0.05) is 49.3 Å². The third kappa shape index (κ3) is 3.41. The molecule has 5 heteroatoms. The van der Waals surface area contributed by atoms with Crippen LogP contribution in [0.25, 0.3) is 10.9 Å². The van der Waals surface area contributed by atoms with Gasteiger partial charge in [-0.1, -0.05) is 0 Å². The number of aromatic nitrogens is 1. The molecule has 1 aromatic heterocycles. The number of piperidine rings is 1. The summed E-state index contributed by atoms with van der Waals surface area (Å²) < 4.78 is 11.8. The van der Waals surface area contributed by atoms with Crippen LogP contribution >= 0.6 is 0 Å². The molecule has 3 atom stereocenters. The fraction of sp³-hybridized carbons (Fsp3) is 0.600. The molecule has 25 heavy (non-hydrogen) atoms. The number of morpholine rings is 1. The minimum atomic E-state index is 0.0668. The van der Waals surface area contributed by atoms with Crippen LogP contribution in [0.3, 0.4) is 0 Å². The summed E-state index contributed by atoms with van der Waals surface area (Å²) in [7, 11) is 0. The zero-order valence-electron chi connectivity index (χ0n) is 14.6. The first kappa shape index (κ1) is 15.7. The molecule has 0 amide bonds. The monoisotopic (exact) mass is 340 g/mol. The van der Waals surface area contributed by atoms with Gasteiger partial charge in [-0.25, -0.2) is 5.32 Å². The smallest absolute Gasteiger partial charge is 0.120 e. The van der Waals surface area contributed by atoms with Gasteiger partial charge in [0.2, 0.25) is 0 Å². The minimum Gasteiger partial charge on any atom is -0.494 e. The third-order valence-corrected chi connectivity index (χ3v) is 5.77. The molecule has 3 aliphatic rings. The Morgan fingerprint density at radius 1 is 1.24 bits per heavy atom. The normalized spacial score (nSPS) is 29.0. The van der Waals surface area contributed by atoms with Gasteiger partial charge in [-0.2, -0.15) is 0 Å². The van der Waals surface area contributed by atoms with E-state index in [1.807, 2.05) is 0 Å². The highest BCUT2D eigenvalue weighted by Crippen LogP contribution is 2.44. The number of hydrogen-bond acceptors (Lipinski definition) is 3. The highest BCUT2D eigenvalue weighted by Gasteiger charge is 2.44. The SMILES string of the molecule is c1cc2[nH]c(C3C[N]CCO3)cc2cc1OCCCN1CC2CC2C1. The van der Waals surface area contributed by atoms with E-state index in [0.717, 1.165) is 54.9 Å². The van der Waals surface area contributed by atoms with Crippen molar-refractivity contribution in [2.45, 2.75) is 18.9 Å². The molecule has 5 rings (SSSR count). The molecule has 1 aromatic carbocycles. The quantitative estimate of drug-likeness (QED) is 0.822. The molecule has 133 valence electrons. The van der Waals surface area contributed by atoms with Crippen molar-refractivity contribution in [2.75, 3.05) is 45.9 Å². The van der Waals surface area contributed by atoms with E-state index in [2.05, 4.69) is 39.5 Å². The van der Waals surface area contributed by atoms with E-state index >= 15 is 0 Å². The second kappa shape index (κ2) is 6.63. The standard InChI is InChI=1S/C20H26N3O2/c1(5-23-12-15-8-16(15)13-23)6-24-17-2-3-18-14(9-17)10-19(22-18)20-11-21-4-7-25-20/h2-3,9-10,15-16,20,22H,1,4-8,11-13H2. The maximum absolute atomic E-state index is 5.98. The lowest BCUT2D eigenvalue weighted by Crippen LogP contribution is -2.28. The van der Waals surface area contributed by atoms with Crippen molar-refractivity contribution in [1.29, 1.82) is 0 Å². The van der Waals surface area contributed by atoms with E-state index < -0.39 is 0 Å². The van der Waals surface area contributed by atoms with Crippen LogP contribution in [0.5, 0.6) is 5.75 Å². The predicted molar refractivity (Wildman–Crippen MR) is 97.0 cm³/mol. The summed E-state index contributed by atoms with van der Waals surface area (Å²) in [4.78, 5) is 6.05. The van der Waals surface area contributed by atoms with E-state index in [1.54, 1.807) is 0 Å².